The van der Waals surface area contributed by atoms with Gasteiger partial charge >= 0.3 is 11.9 Å². The van der Waals surface area contributed by atoms with Crippen molar-refractivity contribution in [3.8, 4) is 0 Å². The van der Waals surface area contributed by atoms with Gasteiger partial charge in [0.2, 0.25) is 0 Å². The molecule has 0 saturated heterocycles. The first kappa shape index (κ1) is 20.4. The van der Waals surface area contributed by atoms with Crippen molar-refractivity contribution in [1.29, 1.82) is 0 Å². The summed E-state index contributed by atoms with van der Waals surface area (Å²) in [6.07, 6.45) is 0. The maximum absolute atomic E-state index is 12.6. The zero-order chi connectivity index (χ0) is 20.1. The van der Waals surface area contributed by atoms with Gasteiger partial charge in [-0.2, -0.15) is 0 Å². The van der Waals surface area contributed by atoms with Crippen LogP contribution in [0.5, 0.6) is 0 Å². The quantitative estimate of drug-likeness (QED) is 0.496. The number of carbonyl (C=O) groups excluding carboxylic acids is 2. The van der Waals surface area contributed by atoms with Crippen molar-refractivity contribution in [2.24, 2.45) is 0 Å². The van der Waals surface area contributed by atoms with Gasteiger partial charge in [-0.15, -0.1) is 0 Å². The van der Waals surface area contributed by atoms with Gasteiger partial charge in [0, 0.05) is 11.4 Å². The van der Waals surface area contributed by atoms with Gasteiger partial charge in [0.15, 0.2) is 0 Å². The van der Waals surface area contributed by atoms with Crippen LogP contribution in [0.4, 0.5) is 5.69 Å². The average molecular weight is 377 g/mol. The zero-order valence-electron chi connectivity index (χ0n) is 15.2. The molecular weight excluding hydrogens is 356 g/mol. The lowest BCUT2D eigenvalue weighted by atomic mass is 9.80. The van der Waals surface area contributed by atoms with Crippen molar-refractivity contribution in [2.45, 2.75) is 19.8 Å². The molecule has 3 N–H and O–H groups in total. The predicted octanol–water partition coefficient (Wildman–Crippen LogP) is 1.32. The van der Waals surface area contributed by atoms with E-state index in [1.807, 2.05) is 0 Å². The highest BCUT2D eigenvalue weighted by molar-refractivity contribution is 5.99. The standard InChI is InChI=1S/C18H21N2O7/c1-10-14(17(22)26-3)16(12-5-4-6-13(9-12)20(24)25)15(11(2)19-10)18(23)27-8-7-21/h4-6,9,16,19,21,24H,7-8H2,1-3H3/q-1. The van der Waals surface area contributed by atoms with E-state index in [-0.39, 0.29) is 35.3 Å². The lowest BCUT2D eigenvalue weighted by Gasteiger charge is -2.31. The molecule has 1 unspecified atom stereocenters. The molecule has 0 amide bonds. The molecule has 1 aromatic rings. The van der Waals surface area contributed by atoms with Crippen LogP contribution >= 0.6 is 0 Å². The Morgan fingerprint density at radius 1 is 1.22 bits per heavy atom. The molecule has 146 valence electrons. The number of carbonyl (C=O) groups is 2. The molecule has 0 bridgehead atoms. The van der Waals surface area contributed by atoms with E-state index < -0.39 is 17.9 Å². The average Bonchev–Trinajstić information content (AvgIpc) is 2.64. The van der Waals surface area contributed by atoms with E-state index in [0.717, 1.165) is 0 Å². The lowest BCUT2D eigenvalue weighted by Crippen LogP contribution is -2.32. The fourth-order valence-electron chi connectivity index (χ4n) is 3.02. The van der Waals surface area contributed by atoms with Gasteiger partial charge in [-0.3, -0.25) is 5.21 Å². The Bertz CT molecular complexity index is 799. The van der Waals surface area contributed by atoms with Crippen molar-refractivity contribution < 1.29 is 29.4 Å². The Labute approximate surface area is 156 Å². The first-order valence-corrected chi connectivity index (χ1v) is 8.12. The number of hydrogen-bond acceptors (Lipinski definition) is 9. The molecule has 2 rings (SSSR count). The first-order chi connectivity index (χ1) is 12.8. The molecule has 0 spiro atoms. The van der Waals surface area contributed by atoms with Crippen LogP contribution in [0.2, 0.25) is 0 Å². The third-order valence-corrected chi connectivity index (χ3v) is 4.13. The SMILES string of the molecule is COC(=O)C1=C(C)NC(C)=C(C(=O)OCCO)C1c1cccc(N([O-])O)c1. The summed E-state index contributed by atoms with van der Waals surface area (Å²) in [5.74, 6) is -2.26. The molecule has 0 fully saturated rings. The van der Waals surface area contributed by atoms with Crippen LogP contribution in [0.15, 0.2) is 46.8 Å². The van der Waals surface area contributed by atoms with E-state index in [2.05, 4.69) is 5.32 Å². The third kappa shape index (κ3) is 4.27. The predicted molar refractivity (Wildman–Crippen MR) is 95.4 cm³/mol. The second-order valence-electron chi connectivity index (χ2n) is 5.85. The minimum atomic E-state index is -0.884. The molecular formula is C18H21N2O7-. The minimum absolute atomic E-state index is 0.0615. The summed E-state index contributed by atoms with van der Waals surface area (Å²) in [4.78, 5) is 25.0. The maximum atomic E-state index is 12.6. The number of methoxy groups -OCH3 is 1. The number of allylic oxidation sites excluding steroid dienone is 2. The van der Waals surface area contributed by atoms with Gasteiger partial charge in [0.05, 0.1) is 36.5 Å². The number of esters is 2. The van der Waals surface area contributed by atoms with Gasteiger partial charge in [-0.05, 0) is 31.5 Å². The van der Waals surface area contributed by atoms with E-state index >= 15 is 0 Å². The number of aliphatic hydroxyl groups is 1. The van der Waals surface area contributed by atoms with Gasteiger partial charge in [-0.1, -0.05) is 12.1 Å². The van der Waals surface area contributed by atoms with Crippen LogP contribution in [-0.4, -0.2) is 42.6 Å². The minimum Gasteiger partial charge on any atom is -0.733 e. The highest BCUT2D eigenvalue weighted by atomic mass is 16.8. The number of aliphatic hydroxyl groups excluding tert-OH is 1. The molecule has 0 aromatic heterocycles. The van der Waals surface area contributed by atoms with Gasteiger partial charge in [0.1, 0.15) is 6.61 Å². The highest BCUT2D eigenvalue weighted by Gasteiger charge is 2.37. The number of hydrogen-bond donors (Lipinski definition) is 3. The highest BCUT2D eigenvalue weighted by Crippen LogP contribution is 2.40. The number of anilines is 1. The zero-order valence-corrected chi connectivity index (χ0v) is 15.2. The topological polar surface area (TPSA) is 131 Å². The van der Waals surface area contributed by atoms with Crippen molar-refractivity contribution in [1.82, 2.24) is 5.32 Å². The lowest BCUT2D eigenvalue weighted by molar-refractivity contribution is -0.140. The molecule has 0 aliphatic carbocycles. The van der Waals surface area contributed by atoms with Crippen molar-refractivity contribution in [3.05, 3.63) is 57.6 Å². The number of ether oxygens (including phenoxy) is 2. The fraction of sp³-hybridized carbons (Fsp3) is 0.333. The second-order valence-corrected chi connectivity index (χ2v) is 5.85. The number of rotatable bonds is 6. The molecule has 1 aromatic carbocycles. The largest absolute Gasteiger partial charge is 0.733 e. The molecule has 1 atom stereocenters. The smallest absolute Gasteiger partial charge is 0.336 e. The van der Waals surface area contributed by atoms with Gasteiger partial charge in [0.25, 0.3) is 0 Å². The van der Waals surface area contributed by atoms with Crippen LogP contribution in [0.1, 0.15) is 25.3 Å². The summed E-state index contributed by atoms with van der Waals surface area (Å²) in [6, 6.07) is 5.88. The van der Waals surface area contributed by atoms with E-state index in [9.17, 15) is 20.0 Å². The van der Waals surface area contributed by atoms with E-state index in [1.165, 1.54) is 25.3 Å². The van der Waals surface area contributed by atoms with Crippen LogP contribution in [0.3, 0.4) is 0 Å². The van der Waals surface area contributed by atoms with Gasteiger partial charge < -0.3 is 30.3 Å². The van der Waals surface area contributed by atoms with Crippen LogP contribution in [-0.2, 0) is 19.1 Å². The Kier molecular flexibility index (Phi) is 6.56. The van der Waals surface area contributed by atoms with E-state index in [4.69, 9.17) is 14.6 Å². The molecule has 27 heavy (non-hydrogen) atoms. The number of nitrogens with zero attached hydrogens (tertiary/aromatic N) is 1. The summed E-state index contributed by atoms with van der Waals surface area (Å²) in [5.41, 5.74) is 1.61. The van der Waals surface area contributed by atoms with Crippen LogP contribution in [0, 0.1) is 5.21 Å². The van der Waals surface area contributed by atoms with Crippen molar-refractivity contribution in [3.63, 3.8) is 0 Å². The molecule has 9 nitrogen and oxygen atoms in total. The fourth-order valence-corrected chi connectivity index (χ4v) is 3.02. The monoisotopic (exact) mass is 377 g/mol. The Morgan fingerprint density at radius 3 is 2.41 bits per heavy atom. The molecule has 0 saturated carbocycles. The summed E-state index contributed by atoms with van der Waals surface area (Å²) < 4.78 is 9.91. The Balaban J connectivity index is 2.64. The van der Waals surface area contributed by atoms with Crippen LogP contribution in [0.25, 0.3) is 0 Å². The number of nitrogens with one attached hydrogen (secondary N) is 1. The second kappa shape index (κ2) is 8.67. The van der Waals surface area contributed by atoms with Gasteiger partial charge in [-0.25, -0.2) is 9.59 Å². The molecule has 0 radical (unpaired) electrons. The maximum Gasteiger partial charge on any atom is 0.336 e. The van der Waals surface area contributed by atoms with Crippen molar-refractivity contribution >= 4 is 17.6 Å². The summed E-state index contributed by atoms with van der Waals surface area (Å²) in [7, 11) is 1.22. The molecule has 1 heterocycles. The van der Waals surface area contributed by atoms with E-state index in [0.29, 0.717) is 17.0 Å². The summed E-state index contributed by atoms with van der Waals surface area (Å²) in [6.45, 7) is 2.76. The molecule has 9 heteroatoms. The normalized spacial score (nSPS) is 16.7. The van der Waals surface area contributed by atoms with Crippen LogP contribution < -0.4 is 10.5 Å². The summed E-state index contributed by atoms with van der Waals surface area (Å²) in [5, 5.41) is 32.0. The summed E-state index contributed by atoms with van der Waals surface area (Å²) >= 11 is 0. The van der Waals surface area contributed by atoms with Crippen molar-refractivity contribution in [2.75, 3.05) is 25.6 Å². The number of dihydropyridines is 1. The number of benzene rings is 1. The molecule has 1 aliphatic rings. The molecule has 1 aliphatic heterocycles. The first-order valence-electron chi connectivity index (χ1n) is 8.12. The Hall–Kier alpha value is -2.88. The van der Waals surface area contributed by atoms with E-state index in [1.54, 1.807) is 19.9 Å². The third-order valence-electron chi connectivity index (χ3n) is 4.13. The Morgan fingerprint density at radius 2 is 1.85 bits per heavy atom.